The van der Waals surface area contributed by atoms with E-state index in [2.05, 4.69) is 58.0 Å². The van der Waals surface area contributed by atoms with Crippen LogP contribution >= 0.6 is 0 Å². The Morgan fingerprint density at radius 1 is 1.06 bits per heavy atom. The highest BCUT2D eigenvalue weighted by molar-refractivity contribution is 5.65. The average molecular weight is 216 g/mol. The molecule has 0 nitrogen and oxygen atoms in total. The van der Waals surface area contributed by atoms with Gasteiger partial charge in [0.1, 0.15) is 0 Å². The first-order chi connectivity index (χ1) is 7.76. The lowest BCUT2D eigenvalue weighted by Gasteiger charge is -2.13. The van der Waals surface area contributed by atoms with Crippen LogP contribution in [0.4, 0.5) is 0 Å². The van der Waals surface area contributed by atoms with Gasteiger partial charge in [0, 0.05) is 0 Å². The molecule has 88 valence electrons. The summed E-state index contributed by atoms with van der Waals surface area (Å²) in [6, 6.07) is 9.14. The van der Waals surface area contributed by atoms with Gasteiger partial charge in [-0.3, -0.25) is 0 Å². The van der Waals surface area contributed by atoms with Gasteiger partial charge >= 0.3 is 0 Å². The molecule has 0 saturated heterocycles. The summed E-state index contributed by atoms with van der Waals surface area (Å²) < 4.78 is 0. The molecule has 0 atom stereocenters. The van der Waals surface area contributed by atoms with Gasteiger partial charge in [-0.15, -0.1) is 0 Å². The molecule has 0 bridgehead atoms. The van der Waals surface area contributed by atoms with Crippen molar-refractivity contribution in [2.45, 2.75) is 52.9 Å². The van der Waals surface area contributed by atoms with Gasteiger partial charge in [-0.25, -0.2) is 0 Å². The van der Waals surface area contributed by atoms with Crippen molar-refractivity contribution >= 4 is 5.57 Å². The van der Waals surface area contributed by atoms with E-state index in [0.717, 1.165) is 12.3 Å². The molecule has 0 aliphatic heterocycles. The van der Waals surface area contributed by atoms with E-state index >= 15 is 0 Å². The molecule has 0 heteroatoms. The number of allylic oxidation sites excluding steroid dienone is 2. The topological polar surface area (TPSA) is 0 Å². The fraction of sp³-hybridized carbons (Fsp3) is 0.500. The molecule has 0 saturated carbocycles. The summed E-state index contributed by atoms with van der Waals surface area (Å²) in [5.41, 5.74) is 4.30. The van der Waals surface area contributed by atoms with Gasteiger partial charge in [0.2, 0.25) is 0 Å². The zero-order chi connectivity index (χ0) is 12.0. The predicted octanol–water partition coefficient (Wildman–Crippen LogP) is 5.40. The Kier molecular flexibility index (Phi) is 5.31. The summed E-state index contributed by atoms with van der Waals surface area (Å²) in [4.78, 5) is 0. The fourth-order valence-electron chi connectivity index (χ4n) is 2.30. The van der Waals surface area contributed by atoms with Crippen LogP contribution in [-0.2, 0) is 0 Å². The molecular weight excluding hydrogens is 192 g/mol. The summed E-state index contributed by atoms with van der Waals surface area (Å²) in [6.45, 7) is 8.87. The van der Waals surface area contributed by atoms with Crippen molar-refractivity contribution in [1.82, 2.24) is 0 Å². The Balaban J connectivity index is 2.90. The van der Waals surface area contributed by atoms with Crippen LogP contribution in [0.15, 0.2) is 30.3 Å². The normalized spacial score (nSPS) is 12.2. The molecule has 0 fully saturated rings. The van der Waals surface area contributed by atoms with Crippen molar-refractivity contribution in [3.8, 4) is 0 Å². The van der Waals surface area contributed by atoms with Crippen molar-refractivity contribution in [3.05, 3.63) is 41.5 Å². The Morgan fingerprint density at radius 2 is 1.62 bits per heavy atom. The molecule has 0 unspecified atom stereocenters. The standard InChI is InChI=1S/C16H24/c1-5-13(6-2)15-9-11-16(12-10-15)14(7-3)8-4/h5,9-12,14H,6-8H2,1-4H3. The summed E-state index contributed by atoms with van der Waals surface area (Å²) in [6.07, 6.45) is 5.80. The Labute approximate surface area is 100 Å². The van der Waals surface area contributed by atoms with Crippen molar-refractivity contribution in [3.63, 3.8) is 0 Å². The van der Waals surface area contributed by atoms with E-state index in [9.17, 15) is 0 Å². The van der Waals surface area contributed by atoms with E-state index in [4.69, 9.17) is 0 Å². The van der Waals surface area contributed by atoms with Gasteiger partial charge in [0.05, 0.1) is 0 Å². The average Bonchev–Trinajstić information content (AvgIpc) is 2.34. The van der Waals surface area contributed by atoms with Crippen LogP contribution < -0.4 is 0 Å². The summed E-state index contributed by atoms with van der Waals surface area (Å²) in [5, 5.41) is 0. The maximum atomic E-state index is 2.30. The molecule has 1 aromatic carbocycles. The van der Waals surface area contributed by atoms with Crippen molar-refractivity contribution in [2.24, 2.45) is 0 Å². The lowest BCUT2D eigenvalue weighted by atomic mass is 9.92. The number of hydrogen-bond acceptors (Lipinski definition) is 0. The van der Waals surface area contributed by atoms with Gasteiger partial charge in [-0.2, -0.15) is 0 Å². The van der Waals surface area contributed by atoms with E-state index in [1.54, 1.807) is 0 Å². The van der Waals surface area contributed by atoms with Gasteiger partial charge < -0.3 is 0 Å². The molecule has 0 aromatic heterocycles. The maximum Gasteiger partial charge on any atom is -0.0167 e. The Hall–Kier alpha value is -1.04. The summed E-state index contributed by atoms with van der Waals surface area (Å²) >= 11 is 0. The second-order valence-electron chi connectivity index (χ2n) is 4.30. The van der Waals surface area contributed by atoms with E-state index in [-0.39, 0.29) is 0 Å². The van der Waals surface area contributed by atoms with E-state index in [1.165, 1.54) is 29.5 Å². The third-order valence-electron chi connectivity index (χ3n) is 3.47. The summed E-state index contributed by atoms with van der Waals surface area (Å²) in [7, 11) is 0. The maximum absolute atomic E-state index is 2.30. The van der Waals surface area contributed by atoms with Crippen LogP contribution in [0.3, 0.4) is 0 Å². The molecule has 0 spiro atoms. The van der Waals surface area contributed by atoms with Crippen LogP contribution in [0.5, 0.6) is 0 Å². The highest BCUT2D eigenvalue weighted by Gasteiger charge is 2.06. The van der Waals surface area contributed by atoms with Gasteiger partial charge in [-0.05, 0) is 48.8 Å². The third kappa shape index (κ3) is 2.98. The van der Waals surface area contributed by atoms with Crippen molar-refractivity contribution in [1.29, 1.82) is 0 Å². The third-order valence-corrected chi connectivity index (χ3v) is 3.47. The lowest BCUT2D eigenvalue weighted by Crippen LogP contribution is -1.95. The lowest BCUT2D eigenvalue weighted by molar-refractivity contribution is 0.642. The minimum absolute atomic E-state index is 0.727. The highest BCUT2D eigenvalue weighted by atomic mass is 14.1. The van der Waals surface area contributed by atoms with Gasteiger partial charge in [-0.1, -0.05) is 51.1 Å². The first-order valence-corrected chi connectivity index (χ1v) is 6.52. The monoisotopic (exact) mass is 216 g/mol. The van der Waals surface area contributed by atoms with Crippen LogP contribution in [0, 0.1) is 0 Å². The van der Waals surface area contributed by atoms with Crippen LogP contribution in [0.25, 0.3) is 5.57 Å². The Bertz CT molecular complexity index is 326. The zero-order valence-electron chi connectivity index (χ0n) is 11.1. The fourth-order valence-corrected chi connectivity index (χ4v) is 2.30. The first kappa shape index (κ1) is 13.0. The molecule has 0 N–H and O–H groups in total. The predicted molar refractivity (Wildman–Crippen MR) is 73.7 cm³/mol. The van der Waals surface area contributed by atoms with Crippen LogP contribution in [0.2, 0.25) is 0 Å². The van der Waals surface area contributed by atoms with Gasteiger partial charge in [0.15, 0.2) is 0 Å². The van der Waals surface area contributed by atoms with Crippen LogP contribution in [-0.4, -0.2) is 0 Å². The van der Waals surface area contributed by atoms with E-state index in [0.29, 0.717) is 0 Å². The smallest absolute Gasteiger partial charge is 0.0167 e. The second-order valence-corrected chi connectivity index (χ2v) is 4.30. The molecular formula is C16H24. The molecule has 0 amide bonds. The number of benzene rings is 1. The highest BCUT2D eigenvalue weighted by Crippen LogP contribution is 2.25. The molecule has 1 aromatic rings. The first-order valence-electron chi connectivity index (χ1n) is 6.52. The molecule has 1 rings (SSSR count). The van der Waals surface area contributed by atoms with Gasteiger partial charge in [0.25, 0.3) is 0 Å². The Morgan fingerprint density at radius 3 is 2.00 bits per heavy atom. The molecule has 16 heavy (non-hydrogen) atoms. The van der Waals surface area contributed by atoms with E-state index < -0.39 is 0 Å². The minimum atomic E-state index is 0.727. The zero-order valence-corrected chi connectivity index (χ0v) is 11.1. The SMILES string of the molecule is CC=C(CC)c1ccc(C(CC)CC)cc1. The largest absolute Gasteiger partial charge is 0.0839 e. The molecule has 0 heterocycles. The van der Waals surface area contributed by atoms with E-state index in [1.807, 2.05) is 0 Å². The quantitative estimate of drug-likeness (QED) is 0.618. The van der Waals surface area contributed by atoms with Crippen molar-refractivity contribution in [2.75, 3.05) is 0 Å². The second kappa shape index (κ2) is 6.52. The molecule has 0 radical (unpaired) electrons. The molecule has 0 aliphatic carbocycles. The van der Waals surface area contributed by atoms with Crippen molar-refractivity contribution < 1.29 is 0 Å². The number of hydrogen-bond donors (Lipinski definition) is 0. The molecule has 0 aliphatic rings. The minimum Gasteiger partial charge on any atom is -0.0839 e. The van der Waals surface area contributed by atoms with Crippen LogP contribution in [0.1, 0.15) is 64.0 Å². The number of rotatable bonds is 5. The summed E-state index contributed by atoms with van der Waals surface area (Å²) in [5.74, 6) is 0.727.